The van der Waals surface area contributed by atoms with E-state index < -0.39 is 0 Å². The van der Waals surface area contributed by atoms with Gasteiger partial charge in [0.25, 0.3) is 0 Å². The molecule has 1 aromatic carbocycles. The molecular formula is C16H18ClFN4O. The number of anilines is 1. The van der Waals surface area contributed by atoms with Gasteiger partial charge in [-0.2, -0.15) is 5.10 Å². The highest BCUT2D eigenvalue weighted by molar-refractivity contribution is 6.30. The van der Waals surface area contributed by atoms with Crippen molar-refractivity contribution in [2.75, 3.05) is 31.1 Å². The maximum atomic E-state index is 13.8. The zero-order chi connectivity index (χ0) is 16.2. The molecule has 0 N–H and O–H groups in total. The van der Waals surface area contributed by atoms with E-state index in [2.05, 4.69) is 5.10 Å². The monoisotopic (exact) mass is 336 g/mol. The van der Waals surface area contributed by atoms with Gasteiger partial charge in [-0.1, -0.05) is 23.7 Å². The quantitative estimate of drug-likeness (QED) is 0.861. The molecule has 0 saturated carbocycles. The van der Waals surface area contributed by atoms with Gasteiger partial charge in [-0.15, -0.1) is 0 Å². The highest BCUT2D eigenvalue weighted by Gasteiger charge is 2.22. The number of aryl methyl sites for hydroxylation is 1. The summed E-state index contributed by atoms with van der Waals surface area (Å²) >= 11 is 5.80. The standard InChI is InChI=1S/C16H18ClFN4O/c17-13-11-19-22(12-13)6-5-16(23)21-9-7-20(8-10-21)15-4-2-1-3-14(15)18/h1-4,11-12H,5-10H2. The van der Waals surface area contributed by atoms with Crippen molar-refractivity contribution < 1.29 is 9.18 Å². The predicted octanol–water partition coefficient (Wildman–Crippen LogP) is 2.41. The van der Waals surface area contributed by atoms with Gasteiger partial charge in [0.2, 0.25) is 5.91 Å². The molecule has 0 atom stereocenters. The molecule has 1 saturated heterocycles. The lowest BCUT2D eigenvalue weighted by Gasteiger charge is -2.36. The van der Waals surface area contributed by atoms with Gasteiger partial charge in [0.1, 0.15) is 5.82 Å². The number of amides is 1. The van der Waals surface area contributed by atoms with Crippen molar-refractivity contribution in [2.45, 2.75) is 13.0 Å². The topological polar surface area (TPSA) is 41.4 Å². The summed E-state index contributed by atoms with van der Waals surface area (Å²) in [5.74, 6) is -0.132. The average Bonchev–Trinajstić information content (AvgIpc) is 2.99. The molecule has 1 aliphatic heterocycles. The molecule has 1 fully saturated rings. The predicted molar refractivity (Wildman–Crippen MR) is 87.0 cm³/mol. The zero-order valence-electron chi connectivity index (χ0n) is 12.7. The molecule has 0 bridgehead atoms. The first-order valence-corrected chi connectivity index (χ1v) is 7.96. The molecule has 0 unspecified atom stereocenters. The number of carbonyl (C=O) groups is 1. The molecule has 0 radical (unpaired) electrons. The first-order chi connectivity index (χ1) is 11.1. The fourth-order valence-corrected chi connectivity index (χ4v) is 2.89. The SMILES string of the molecule is O=C(CCn1cc(Cl)cn1)N1CCN(c2ccccc2F)CC1. The Balaban J connectivity index is 1.50. The Morgan fingerprint density at radius 3 is 2.61 bits per heavy atom. The zero-order valence-corrected chi connectivity index (χ0v) is 13.4. The fourth-order valence-electron chi connectivity index (χ4n) is 2.73. The van der Waals surface area contributed by atoms with E-state index in [9.17, 15) is 9.18 Å². The number of rotatable bonds is 4. The van der Waals surface area contributed by atoms with Crippen molar-refractivity contribution >= 4 is 23.2 Å². The smallest absolute Gasteiger partial charge is 0.224 e. The summed E-state index contributed by atoms with van der Waals surface area (Å²) in [4.78, 5) is 16.0. The molecular weight excluding hydrogens is 319 g/mol. The third-order valence-electron chi connectivity index (χ3n) is 3.98. The Morgan fingerprint density at radius 1 is 1.22 bits per heavy atom. The summed E-state index contributed by atoms with van der Waals surface area (Å²) in [6.45, 7) is 3.00. The molecule has 122 valence electrons. The number of aromatic nitrogens is 2. The molecule has 7 heteroatoms. The lowest BCUT2D eigenvalue weighted by Crippen LogP contribution is -2.49. The van der Waals surface area contributed by atoms with Crippen LogP contribution in [0.4, 0.5) is 10.1 Å². The van der Waals surface area contributed by atoms with Gasteiger partial charge in [0.05, 0.1) is 16.9 Å². The summed E-state index contributed by atoms with van der Waals surface area (Å²) in [6.07, 6.45) is 3.64. The number of carbonyl (C=O) groups excluding carboxylic acids is 1. The van der Waals surface area contributed by atoms with Gasteiger partial charge in [-0.05, 0) is 12.1 Å². The third-order valence-corrected chi connectivity index (χ3v) is 4.18. The molecule has 0 spiro atoms. The van der Waals surface area contributed by atoms with E-state index in [4.69, 9.17) is 11.6 Å². The number of halogens is 2. The van der Waals surface area contributed by atoms with Gasteiger partial charge in [0.15, 0.2) is 0 Å². The highest BCUT2D eigenvalue weighted by Crippen LogP contribution is 2.20. The fraction of sp³-hybridized carbons (Fsp3) is 0.375. The number of hydrogen-bond acceptors (Lipinski definition) is 3. The van der Waals surface area contributed by atoms with Crippen molar-refractivity contribution in [1.29, 1.82) is 0 Å². The number of piperazine rings is 1. The first-order valence-electron chi connectivity index (χ1n) is 7.59. The first kappa shape index (κ1) is 15.8. The van der Waals surface area contributed by atoms with Crippen molar-refractivity contribution in [3.63, 3.8) is 0 Å². The van der Waals surface area contributed by atoms with Crippen LogP contribution in [-0.2, 0) is 11.3 Å². The second-order valence-electron chi connectivity index (χ2n) is 5.49. The Kier molecular flexibility index (Phi) is 4.81. The van der Waals surface area contributed by atoms with E-state index in [1.807, 2.05) is 15.9 Å². The van der Waals surface area contributed by atoms with E-state index in [1.165, 1.54) is 6.07 Å². The van der Waals surface area contributed by atoms with Gasteiger partial charge in [0, 0.05) is 45.3 Å². The van der Waals surface area contributed by atoms with Crippen LogP contribution >= 0.6 is 11.6 Å². The van der Waals surface area contributed by atoms with Crippen LogP contribution < -0.4 is 4.90 Å². The molecule has 2 aromatic rings. The minimum absolute atomic E-state index is 0.0878. The second kappa shape index (κ2) is 7.00. The van der Waals surface area contributed by atoms with E-state index in [-0.39, 0.29) is 11.7 Å². The van der Waals surface area contributed by atoms with E-state index in [0.717, 1.165) is 0 Å². The molecule has 5 nitrogen and oxygen atoms in total. The van der Waals surface area contributed by atoms with Gasteiger partial charge in [-0.3, -0.25) is 9.48 Å². The minimum Gasteiger partial charge on any atom is -0.366 e. The van der Waals surface area contributed by atoms with Crippen LogP contribution in [0.15, 0.2) is 36.7 Å². The summed E-state index contributed by atoms with van der Waals surface area (Å²) in [5, 5.41) is 4.62. The van der Waals surface area contributed by atoms with Gasteiger partial charge >= 0.3 is 0 Å². The van der Waals surface area contributed by atoms with Crippen LogP contribution in [0, 0.1) is 5.82 Å². The van der Waals surface area contributed by atoms with Crippen molar-refractivity contribution in [2.24, 2.45) is 0 Å². The number of para-hydroxylation sites is 1. The van der Waals surface area contributed by atoms with Crippen LogP contribution in [0.3, 0.4) is 0 Å². The summed E-state index contributed by atoms with van der Waals surface area (Å²) < 4.78 is 15.5. The second-order valence-corrected chi connectivity index (χ2v) is 5.93. The normalized spacial score (nSPS) is 15.0. The Hall–Kier alpha value is -2.08. The lowest BCUT2D eigenvalue weighted by molar-refractivity contribution is -0.131. The minimum atomic E-state index is -0.220. The molecule has 2 heterocycles. The Labute approximate surface area is 139 Å². The largest absolute Gasteiger partial charge is 0.366 e. The van der Waals surface area contributed by atoms with Crippen molar-refractivity contribution in [3.05, 3.63) is 47.5 Å². The molecule has 1 aromatic heterocycles. The van der Waals surface area contributed by atoms with Crippen molar-refractivity contribution in [1.82, 2.24) is 14.7 Å². The highest BCUT2D eigenvalue weighted by atomic mass is 35.5. The average molecular weight is 337 g/mol. The van der Waals surface area contributed by atoms with Gasteiger partial charge < -0.3 is 9.80 Å². The van der Waals surface area contributed by atoms with E-state index in [0.29, 0.717) is 49.9 Å². The molecule has 1 aliphatic rings. The number of benzene rings is 1. The summed E-state index contributed by atoms with van der Waals surface area (Å²) in [6, 6.07) is 6.74. The van der Waals surface area contributed by atoms with Crippen LogP contribution in [-0.4, -0.2) is 46.8 Å². The summed E-state index contributed by atoms with van der Waals surface area (Å²) in [7, 11) is 0. The lowest BCUT2D eigenvalue weighted by atomic mass is 10.2. The Bertz CT molecular complexity index is 682. The molecule has 1 amide bonds. The maximum Gasteiger partial charge on any atom is 0.224 e. The van der Waals surface area contributed by atoms with E-state index >= 15 is 0 Å². The Morgan fingerprint density at radius 2 is 1.96 bits per heavy atom. The summed E-state index contributed by atoms with van der Waals surface area (Å²) in [5.41, 5.74) is 0.603. The van der Waals surface area contributed by atoms with Crippen molar-refractivity contribution in [3.8, 4) is 0 Å². The molecule has 3 rings (SSSR count). The number of nitrogens with zero attached hydrogens (tertiary/aromatic N) is 4. The van der Waals surface area contributed by atoms with Crippen LogP contribution in [0.1, 0.15) is 6.42 Å². The number of hydrogen-bond donors (Lipinski definition) is 0. The third kappa shape index (κ3) is 3.82. The van der Waals surface area contributed by atoms with Gasteiger partial charge in [-0.25, -0.2) is 4.39 Å². The van der Waals surface area contributed by atoms with E-state index in [1.54, 1.807) is 29.2 Å². The van der Waals surface area contributed by atoms with Crippen LogP contribution in [0.25, 0.3) is 0 Å². The molecule has 23 heavy (non-hydrogen) atoms. The van der Waals surface area contributed by atoms with Crippen LogP contribution in [0.2, 0.25) is 5.02 Å². The van der Waals surface area contributed by atoms with Crippen LogP contribution in [0.5, 0.6) is 0 Å². The maximum absolute atomic E-state index is 13.8. The molecule has 0 aliphatic carbocycles.